The summed E-state index contributed by atoms with van der Waals surface area (Å²) in [6.07, 6.45) is 0. The molecule has 0 aliphatic heterocycles. The van der Waals surface area contributed by atoms with Gasteiger partial charge in [0.15, 0.2) is 0 Å². The number of benzene rings is 9. The monoisotopic (exact) mass is 612 g/mol. The number of thiophene rings is 1. The van der Waals surface area contributed by atoms with E-state index in [0.717, 1.165) is 0 Å². The van der Waals surface area contributed by atoms with Gasteiger partial charge in [-0.3, -0.25) is 0 Å². The summed E-state index contributed by atoms with van der Waals surface area (Å²) in [5.74, 6) is 0. The summed E-state index contributed by atoms with van der Waals surface area (Å²) in [5, 5.41) is 13.0. The van der Waals surface area contributed by atoms with E-state index in [1.807, 2.05) is 11.3 Å². The normalized spacial score (nSPS) is 11.8. The average molecular weight is 613 g/mol. The Morgan fingerprint density at radius 3 is 1.40 bits per heavy atom. The maximum Gasteiger partial charge on any atom is 0.0434 e. The van der Waals surface area contributed by atoms with Gasteiger partial charge in [0.1, 0.15) is 0 Å². The van der Waals surface area contributed by atoms with Crippen LogP contribution in [0.1, 0.15) is 0 Å². The molecule has 0 nitrogen and oxygen atoms in total. The fourth-order valence-electron chi connectivity index (χ4n) is 7.86. The third kappa shape index (κ3) is 3.94. The third-order valence-corrected chi connectivity index (χ3v) is 11.1. The summed E-state index contributed by atoms with van der Waals surface area (Å²) in [7, 11) is 0. The molecule has 10 aromatic rings. The van der Waals surface area contributed by atoms with E-state index in [9.17, 15) is 0 Å². The van der Waals surface area contributed by atoms with Crippen molar-refractivity contribution in [2.75, 3.05) is 0 Å². The minimum atomic E-state index is 1.25. The molecule has 9 aromatic carbocycles. The lowest BCUT2D eigenvalue weighted by atomic mass is 9.83. The van der Waals surface area contributed by atoms with Crippen LogP contribution in [0, 0.1) is 0 Å². The second-order valence-corrected chi connectivity index (χ2v) is 13.4. The van der Waals surface area contributed by atoms with E-state index in [-0.39, 0.29) is 0 Å². The minimum absolute atomic E-state index is 1.25. The van der Waals surface area contributed by atoms with E-state index in [1.165, 1.54) is 96.6 Å². The highest BCUT2D eigenvalue weighted by atomic mass is 32.1. The highest BCUT2D eigenvalue weighted by Gasteiger charge is 2.19. The molecule has 0 N–H and O–H groups in total. The zero-order valence-electron chi connectivity index (χ0n) is 25.6. The number of rotatable bonds is 3. The van der Waals surface area contributed by atoms with Gasteiger partial charge in [-0.15, -0.1) is 11.3 Å². The molecule has 0 saturated heterocycles. The van der Waals surface area contributed by atoms with Crippen LogP contribution < -0.4 is 0 Å². The maximum atomic E-state index is 2.37. The molecule has 10 rings (SSSR count). The van der Waals surface area contributed by atoms with Crippen molar-refractivity contribution in [1.82, 2.24) is 0 Å². The molecule has 0 fully saturated rings. The first-order valence-corrected chi connectivity index (χ1v) is 17.0. The molecule has 218 valence electrons. The van der Waals surface area contributed by atoms with Crippen LogP contribution in [0.2, 0.25) is 0 Å². The van der Waals surface area contributed by atoms with Gasteiger partial charge in [-0.2, -0.15) is 0 Å². The topological polar surface area (TPSA) is 0 Å². The van der Waals surface area contributed by atoms with Gasteiger partial charge in [-0.25, -0.2) is 0 Å². The van der Waals surface area contributed by atoms with Crippen molar-refractivity contribution >= 4 is 74.6 Å². The molecular weight excluding hydrogens is 585 g/mol. The van der Waals surface area contributed by atoms with E-state index in [2.05, 4.69) is 170 Å². The lowest BCUT2D eigenvalue weighted by Gasteiger charge is -2.20. The predicted octanol–water partition coefficient (Wildman–Crippen LogP) is 13.7. The molecule has 0 aliphatic carbocycles. The van der Waals surface area contributed by atoms with Gasteiger partial charge in [-0.1, -0.05) is 164 Å². The zero-order chi connectivity index (χ0) is 30.9. The molecule has 1 heterocycles. The van der Waals surface area contributed by atoms with Crippen molar-refractivity contribution in [1.29, 1.82) is 0 Å². The Labute approximate surface area is 276 Å². The summed E-state index contributed by atoms with van der Waals surface area (Å²) < 4.78 is 2.70. The summed E-state index contributed by atoms with van der Waals surface area (Å²) in [6, 6.07) is 62.6. The fourth-order valence-corrected chi connectivity index (χ4v) is 9.09. The summed E-state index contributed by atoms with van der Waals surface area (Å²) in [4.78, 5) is 0. The second kappa shape index (κ2) is 10.4. The molecule has 0 atom stereocenters. The third-order valence-electron chi connectivity index (χ3n) is 9.88. The zero-order valence-corrected chi connectivity index (χ0v) is 26.4. The molecule has 0 unspecified atom stereocenters. The molecule has 1 aromatic heterocycles. The molecule has 1 heteroatoms. The van der Waals surface area contributed by atoms with E-state index >= 15 is 0 Å². The van der Waals surface area contributed by atoms with Gasteiger partial charge in [0.05, 0.1) is 0 Å². The van der Waals surface area contributed by atoms with Crippen molar-refractivity contribution in [3.05, 3.63) is 170 Å². The van der Waals surface area contributed by atoms with Crippen LogP contribution in [-0.4, -0.2) is 0 Å². The molecule has 0 saturated carbocycles. The van der Waals surface area contributed by atoms with Crippen LogP contribution in [0.15, 0.2) is 170 Å². The average Bonchev–Trinajstić information content (AvgIpc) is 3.53. The van der Waals surface area contributed by atoms with E-state index in [0.29, 0.717) is 0 Å². The summed E-state index contributed by atoms with van der Waals surface area (Å²) >= 11 is 1.90. The van der Waals surface area contributed by atoms with Crippen LogP contribution in [-0.2, 0) is 0 Å². The van der Waals surface area contributed by atoms with Gasteiger partial charge < -0.3 is 0 Å². The first kappa shape index (κ1) is 26.5. The fraction of sp³-hybridized carbons (Fsp3) is 0. The van der Waals surface area contributed by atoms with Gasteiger partial charge in [0.2, 0.25) is 0 Å². The van der Waals surface area contributed by atoms with Gasteiger partial charge in [-0.05, 0) is 77.2 Å². The first-order chi connectivity index (χ1) is 23.3. The Morgan fingerprint density at radius 2 is 0.702 bits per heavy atom. The van der Waals surface area contributed by atoms with Crippen molar-refractivity contribution in [2.24, 2.45) is 0 Å². The second-order valence-electron chi connectivity index (χ2n) is 12.4. The van der Waals surface area contributed by atoms with Gasteiger partial charge in [0.25, 0.3) is 0 Å². The molecule has 0 bridgehead atoms. The number of fused-ring (bicyclic) bond motifs is 8. The van der Waals surface area contributed by atoms with E-state index in [1.54, 1.807) is 0 Å². The SMILES string of the molecule is c1ccc(-c2c3ccccc3c(-c3ccc(-c4cccc5c4ccc4c6ccccc6sc54)c4ccccc34)c3ccccc23)cc1. The van der Waals surface area contributed by atoms with Crippen LogP contribution in [0.25, 0.3) is 96.6 Å². The highest BCUT2D eigenvalue weighted by molar-refractivity contribution is 7.26. The van der Waals surface area contributed by atoms with Crippen molar-refractivity contribution in [2.45, 2.75) is 0 Å². The quantitative estimate of drug-likeness (QED) is 0.174. The predicted molar refractivity (Wildman–Crippen MR) is 206 cm³/mol. The van der Waals surface area contributed by atoms with Crippen LogP contribution in [0.5, 0.6) is 0 Å². The Morgan fingerprint density at radius 1 is 0.255 bits per heavy atom. The first-order valence-electron chi connectivity index (χ1n) is 16.2. The van der Waals surface area contributed by atoms with Gasteiger partial charge >= 0.3 is 0 Å². The lowest BCUT2D eigenvalue weighted by molar-refractivity contribution is 1.66. The van der Waals surface area contributed by atoms with E-state index in [4.69, 9.17) is 0 Å². The molecule has 0 aliphatic rings. The maximum absolute atomic E-state index is 2.37. The van der Waals surface area contributed by atoms with Crippen molar-refractivity contribution in [3.8, 4) is 33.4 Å². The summed E-state index contributed by atoms with van der Waals surface area (Å²) in [5.41, 5.74) is 7.65. The minimum Gasteiger partial charge on any atom is -0.135 e. The van der Waals surface area contributed by atoms with Crippen LogP contribution in [0.3, 0.4) is 0 Å². The molecule has 47 heavy (non-hydrogen) atoms. The van der Waals surface area contributed by atoms with Crippen LogP contribution >= 0.6 is 11.3 Å². The van der Waals surface area contributed by atoms with Gasteiger partial charge in [0, 0.05) is 25.6 Å². The Bertz CT molecular complexity index is 2780. The Balaban J connectivity index is 1.26. The van der Waals surface area contributed by atoms with E-state index < -0.39 is 0 Å². The molecule has 0 radical (unpaired) electrons. The van der Waals surface area contributed by atoms with Crippen molar-refractivity contribution in [3.63, 3.8) is 0 Å². The standard InChI is InChI=1S/C46H28S/c1-2-13-29(14-3-1)44-36-18-6-8-20-38(36)45(39-21-9-7-19-37(39)44)40-27-25-33(30-15-4-5-16-32(30)40)31-22-12-23-41-34(31)26-28-42-35-17-10-11-24-43(35)47-46(41)42/h1-28H. The molecule has 0 spiro atoms. The number of hydrogen-bond donors (Lipinski definition) is 0. The summed E-state index contributed by atoms with van der Waals surface area (Å²) in [6.45, 7) is 0. The van der Waals surface area contributed by atoms with Crippen LogP contribution in [0.4, 0.5) is 0 Å². The number of hydrogen-bond acceptors (Lipinski definition) is 1. The Hall–Kier alpha value is -5.76. The smallest absolute Gasteiger partial charge is 0.0434 e. The lowest BCUT2D eigenvalue weighted by Crippen LogP contribution is -1.92. The largest absolute Gasteiger partial charge is 0.135 e. The van der Waals surface area contributed by atoms with Crippen molar-refractivity contribution < 1.29 is 0 Å². The molecule has 0 amide bonds. The molecular formula is C46H28S. The Kier molecular flexibility index (Phi) is 5.85. The highest BCUT2D eigenvalue weighted by Crippen LogP contribution is 2.47.